The van der Waals surface area contributed by atoms with Crippen molar-refractivity contribution in [2.24, 2.45) is 5.73 Å². The number of rotatable bonds is 3. The second kappa shape index (κ2) is 4.55. The Morgan fingerprint density at radius 2 is 1.75 bits per heavy atom. The highest BCUT2D eigenvalue weighted by molar-refractivity contribution is 7.92. The van der Waals surface area contributed by atoms with E-state index in [9.17, 15) is 8.42 Å². The molecule has 0 fully saturated rings. The van der Waals surface area contributed by atoms with E-state index in [2.05, 4.69) is 0 Å². The van der Waals surface area contributed by atoms with Gasteiger partial charge in [0.2, 0.25) is 0 Å². The molecule has 1 aromatic rings. The fourth-order valence-electron chi connectivity index (χ4n) is 1.54. The SMILES string of the molecule is Cc1ccc(S(=O)(=O)C(C)C)c(C(C)N)c1. The van der Waals surface area contributed by atoms with Crippen LogP contribution in [0.2, 0.25) is 0 Å². The summed E-state index contributed by atoms with van der Waals surface area (Å²) >= 11 is 0. The summed E-state index contributed by atoms with van der Waals surface area (Å²) in [5, 5.41) is -0.423. The first-order valence-corrected chi connectivity index (χ1v) is 6.91. The van der Waals surface area contributed by atoms with Crippen LogP contribution >= 0.6 is 0 Å². The van der Waals surface area contributed by atoms with Crippen LogP contribution < -0.4 is 5.73 Å². The minimum absolute atomic E-state index is 0.275. The summed E-state index contributed by atoms with van der Waals surface area (Å²) in [6.07, 6.45) is 0. The second-order valence-electron chi connectivity index (χ2n) is 4.42. The van der Waals surface area contributed by atoms with E-state index in [-0.39, 0.29) is 6.04 Å². The van der Waals surface area contributed by atoms with Gasteiger partial charge >= 0.3 is 0 Å². The predicted octanol–water partition coefficient (Wildman–Crippen LogP) is 2.20. The van der Waals surface area contributed by atoms with Crippen molar-refractivity contribution in [3.8, 4) is 0 Å². The van der Waals surface area contributed by atoms with Gasteiger partial charge in [-0.15, -0.1) is 0 Å². The second-order valence-corrected chi connectivity index (χ2v) is 6.90. The third-order valence-corrected chi connectivity index (χ3v) is 4.81. The number of hydrogen-bond donors (Lipinski definition) is 1. The molecular formula is C12H19NO2S. The van der Waals surface area contributed by atoms with Crippen molar-refractivity contribution in [3.05, 3.63) is 29.3 Å². The molecule has 0 saturated carbocycles. The Labute approximate surface area is 97.6 Å². The summed E-state index contributed by atoms with van der Waals surface area (Å²) in [6.45, 7) is 7.09. The lowest BCUT2D eigenvalue weighted by atomic mass is 10.1. The Kier molecular flexibility index (Phi) is 3.76. The van der Waals surface area contributed by atoms with Crippen molar-refractivity contribution >= 4 is 9.84 Å². The molecule has 0 spiro atoms. The molecule has 0 aromatic heterocycles. The molecule has 16 heavy (non-hydrogen) atoms. The minimum Gasteiger partial charge on any atom is -0.324 e. The number of sulfone groups is 1. The normalized spacial score (nSPS) is 14.1. The lowest BCUT2D eigenvalue weighted by molar-refractivity contribution is 0.584. The van der Waals surface area contributed by atoms with Crippen LogP contribution in [0, 0.1) is 6.92 Å². The molecular weight excluding hydrogens is 222 g/mol. The summed E-state index contributed by atoms with van der Waals surface area (Å²) in [5.41, 5.74) is 7.54. The molecule has 0 saturated heterocycles. The average molecular weight is 241 g/mol. The number of aryl methyl sites for hydroxylation is 1. The third-order valence-electron chi connectivity index (χ3n) is 2.58. The molecule has 90 valence electrons. The molecule has 0 aliphatic rings. The molecule has 2 N–H and O–H groups in total. The molecule has 0 bridgehead atoms. The molecule has 0 heterocycles. The zero-order valence-corrected chi connectivity index (χ0v) is 11.0. The topological polar surface area (TPSA) is 60.2 Å². The number of nitrogens with two attached hydrogens (primary N) is 1. The summed E-state index contributed by atoms with van der Waals surface area (Å²) in [6, 6.07) is 5.04. The van der Waals surface area contributed by atoms with E-state index < -0.39 is 15.1 Å². The van der Waals surface area contributed by atoms with Gasteiger partial charge in [0, 0.05) is 6.04 Å². The fraction of sp³-hybridized carbons (Fsp3) is 0.500. The Hall–Kier alpha value is -0.870. The smallest absolute Gasteiger partial charge is 0.181 e. The van der Waals surface area contributed by atoms with Gasteiger partial charge in [-0.25, -0.2) is 8.42 Å². The van der Waals surface area contributed by atoms with Crippen LogP contribution in [0.5, 0.6) is 0 Å². The predicted molar refractivity (Wildman–Crippen MR) is 66.1 cm³/mol. The molecule has 1 aromatic carbocycles. The van der Waals surface area contributed by atoms with E-state index in [0.717, 1.165) is 5.56 Å². The lowest BCUT2D eigenvalue weighted by Crippen LogP contribution is -2.18. The van der Waals surface area contributed by atoms with Gasteiger partial charge in [-0.05, 0) is 39.3 Å². The Morgan fingerprint density at radius 1 is 1.19 bits per heavy atom. The van der Waals surface area contributed by atoms with Crippen molar-refractivity contribution in [2.75, 3.05) is 0 Å². The molecule has 1 rings (SSSR count). The minimum atomic E-state index is -3.25. The summed E-state index contributed by atoms with van der Waals surface area (Å²) in [5.74, 6) is 0. The van der Waals surface area contributed by atoms with Crippen LogP contribution in [-0.4, -0.2) is 13.7 Å². The van der Waals surface area contributed by atoms with Crippen molar-refractivity contribution in [1.29, 1.82) is 0 Å². The van der Waals surface area contributed by atoms with Crippen molar-refractivity contribution in [3.63, 3.8) is 0 Å². The molecule has 0 aliphatic carbocycles. The van der Waals surface area contributed by atoms with Gasteiger partial charge in [0.25, 0.3) is 0 Å². The quantitative estimate of drug-likeness (QED) is 0.882. The Morgan fingerprint density at radius 3 is 2.19 bits per heavy atom. The molecule has 0 radical (unpaired) electrons. The van der Waals surface area contributed by atoms with E-state index in [4.69, 9.17) is 5.73 Å². The zero-order chi connectivity index (χ0) is 12.5. The molecule has 0 aliphatic heterocycles. The van der Waals surface area contributed by atoms with E-state index in [0.29, 0.717) is 10.5 Å². The van der Waals surface area contributed by atoms with Crippen LogP contribution in [0.15, 0.2) is 23.1 Å². The van der Waals surface area contributed by atoms with Gasteiger partial charge in [0.1, 0.15) is 0 Å². The van der Waals surface area contributed by atoms with Crippen LogP contribution in [0.3, 0.4) is 0 Å². The Balaban J connectivity index is 3.46. The van der Waals surface area contributed by atoms with Crippen LogP contribution in [0.4, 0.5) is 0 Å². The van der Waals surface area contributed by atoms with Crippen LogP contribution in [0.1, 0.15) is 37.9 Å². The van der Waals surface area contributed by atoms with Crippen molar-refractivity contribution < 1.29 is 8.42 Å². The molecule has 3 nitrogen and oxygen atoms in total. The van der Waals surface area contributed by atoms with Crippen molar-refractivity contribution in [1.82, 2.24) is 0 Å². The zero-order valence-electron chi connectivity index (χ0n) is 10.2. The first-order valence-electron chi connectivity index (χ1n) is 5.37. The Bertz CT molecular complexity index is 476. The van der Waals surface area contributed by atoms with Gasteiger partial charge in [-0.3, -0.25) is 0 Å². The monoisotopic (exact) mass is 241 g/mol. The van der Waals surface area contributed by atoms with Gasteiger partial charge in [-0.1, -0.05) is 17.7 Å². The highest BCUT2D eigenvalue weighted by Gasteiger charge is 2.23. The lowest BCUT2D eigenvalue weighted by Gasteiger charge is -2.16. The number of benzene rings is 1. The molecule has 4 heteroatoms. The van der Waals surface area contributed by atoms with Gasteiger partial charge in [0.05, 0.1) is 10.1 Å². The highest BCUT2D eigenvalue weighted by atomic mass is 32.2. The molecule has 1 atom stereocenters. The summed E-state index contributed by atoms with van der Waals surface area (Å²) in [7, 11) is -3.25. The molecule has 1 unspecified atom stereocenters. The van der Waals surface area contributed by atoms with E-state index in [1.54, 1.807) is 32.9 Å². The largest absolute Gasteiger partial charge is 0.324 e. The van der Waals surface area contributed by atoms with Gasteiger partial charge < -0.3 is 5.73 Å². The first kappa shape index (κ1) is 13.2. The standard InChI is InChI=1S/C12H19NO2S/c1-8(2)16(14,15)12-6-5-9(3)7-11(12)10(4)13/h5-8,10H,13H2,1-4H3. The van der Waals surface area contributed by atoms with E-state index in [1.165, 1.54) is 0 Å². The van der Waals surface area contributed by atoms with Crippen LogP contribution in [-0.2, 0) is 9.84 Å². The highest BCUT2D eigenvalue weighted by Crippen LogP contribution is 2.25. The average Bonchev–Trinajstić information content (AvgIpc) is 2.16. The molecule has 0 amide bonds. The first-order chi connectivity index (χ1) is 7.26. The van der Waals surface area contributed by atoms with Gasteiger partial charge in [-0.2, -0.15) is 0 Å². The van der Waals surface area contributed by atoms with Crippen LogP contribution in [0.25, 0.3) is 0 Å². The maximum Gasteiger partial charge on any atom is 0.181 e. The summed E-state index contributed by atoms with van der Waals surface area (Å²) in [4.78, 5) is 0.364. The van der Waals surface area contributed by atoms with Gasteiger partial charge in [0.15, 0.2) is 9.84 Å². The van der Waals surface area contributed by atoms with E-state index >= 15 is 0 Å². The maximum absolute atomic E-state index is 12.1. The van der Waals surface area contributed by atoms with Crippen molar-refractivity contribution in [2.45, 2.75) is 43.9 Å². The third kappa shape index (κ3) is 2.44. The number of hydrogen-bond acceptors (Lipinski definition) is 3. The summed E-state index contributed by atoms with van der Waals surface area (Å²) < 4.78 is 24.2. The fourth-order valence-corrected chi connectivity index (χ4v) is 2.88. The maximum atomic E-state index is 12.1. The van der Waals surface area contributed by atoms with E-state index in [1.807, 2.05) is 13.0 Å².